The molecule has 0 saturated carbocycles. The Bertz CT molecular complexity index is 459. The topological polar surface area (TPSA) is 88.3 Å². The van der Waals surface area contributed by atoms with Gasteiger partial charge in [-0.15, -0.1) is 11.3 Å². The SMILES string of the molecule is CC(C)CNC(=O)CN(C)C(=O)c1csc(CCN)n1. The van der Waals surface area contributed by atoms with Crippen molar-refractivity contribution >= 4 is 23.2 Å². The molecule has 0 spiro atoms. The first kappa shape index (κ1) is 16.6. The van der Waals surface area contributed by atoms with Crippen LogP contribution < -0.4 is 11.1 Å². The third-order valence-corrected chi connectivity index (χ3v) is 3.47. The summed E-state index contributed by atoms with van der Waals surface area (Å²) in [5.41, 5.74) is 5.82. The van der Waals surface area contributed by atoms with Crippen LogP contribution in [0.25, 0.3) is 0 Å². The minimum atomic E-state index is -0.246. The maximum Gasteiger partial charge on any atom is 0.273 e. The number of amides is 2. The van der Waals surface area contributed by atoms with Crippen LogP contribution in [0.1, 0.15) is 29.3 Å². The van der Waals surface area contributed by atoms with Crippen LogP contribution in [0.15, 0.2) is 5.38 Å². The Hall–Kier alpha value is -1.47. The summed E-state index contributed by atoms with van der Waals surface area (Å²) in [6.45, 7) is 5.19. The van der Waals surface area contributed by atoms with Gasteiger partial charge in [-0.05, 0) is 12.5 Å². The van der Waals surface area contributed by atoms with Crippen molar-refractivity contribution in [2.45, 2.75) is 20.3 Å². The van der Waals surface area contributed by atoms with Crippen LogP contribution in [0.4, 0.5) is 0 Å². The number of likely N-dealkylation sites (N-methyl/N-ethyl adjacent to an activating group) is 1. The molecule has 1 rings (SSSR count). The molecule has 3 N–H and O–H groups in total. The lowest BCUT2D eigenvalue weighted by Gasteiger charge is -2.16. The number of carbonyl (C=O) groups excluding carboxylic acids is 2. The molecule has 0 bridgehead atoms. The van der Waals surface area contributed by atoms with Crippen LogP contribution in [0, 0.1) is 5.92 Å². The highest BCUT2D eigenvalue weighted by Crippen LogP contribution is 2.11. The van der Waals surface area contributed by atoms with E-state index in [1.807, 2.05) is 13.8 Å². The average molecular weight is 298 g/mol. The second-order valence-corrected chi connectivity index (χ2v) is 5.97. The monoisotopic (exact) mass is 298 g/mol. The molecule has 0 unspecified atom stereocenters. The number of nitrogens with one attached hydrogen (secondary N) is 1. The van der Waals surface area contributed by atoms with Gasteiger partial charge in [0.25, 0.3) is 5.91 Å². The fourth-order valence-corrected chi connectivity index (χ4v) is 2.29. The molecule has 1 aromatic heterocycles. The molecule has 1 heterocycles. The van der Waals surface area contributed by atoms with Gasteiger partial charge in [-0.1, -0.05) is 13.8 Å². The molecule has 112 valence electrons. The van der Waals surface area contributed by atoms with Crippen molar-refractivity contribution in [1.29, 1.82) is 0 Å². The van der Waals surface area contributed by atoms with E-state index < -0.39 is 0 Å². The van der Waals surface area contributed by atoms with E-state index in [9.17, 15) is 9.59 Å². The smallest absolute Gasteiger partial charge is 0.273 e. The molecular formula is C13H22N4O2S. The number of rotatable bonds is 7. The Kier molecular flexibility index (Phi) is 6.60. The number of nitrogens with zero attached hydrogens (tertiary/aromatic N) is 2. The van der Waals surface area contributed by atoms with Gasteiger partial charge in [0.1, 0.15) is 5.69 Å². The lowest BCUT2D eigenvalue weighted by Crippen LogP contribution is -2.39. The molecule has 6 nitrogen and oxygen atoms in total. The van der Waals surface area contributed by atoms with Crippen molar-refractivity contribution in [3.63, 3.8) is 0 Å². The molecule has 20 heavy (non-hydrogen) atoms. The van der Waals surface area contributed by atoms with Gasteiger partial charge < -0.3 is 16.0 Å². The zero-order valence-electron chi connectivity index (χ0n) is 12.2. The van der Waals surface area contributed by atoms with Gasteiger partial charge in [0.2, 0.25) is 5.91 Å². The molecule has 0 radical (unpaired) electrons. The largest absolute Gasteiger partial charge is 0.354 e. The number of hydrogen-bond acceptors (Lipinski definition) is 5. The minimum Gasteiger partial charge on any atom is -0.354 e. The summed E-state index contributed by atoms with van der Waals surface area (Å²) >= 11 is 1.41. The number of thiazole rings is 1. The number of hydrogen-bond donors (Lipinski definition) is 2. The predicted octanol–water partition coefficient (Wildman–Crippen LogP) is 0.489. The zero-order valence-corrected chi connectivity index (χ0v) is 13.0. The third-order valence-electron chi connectivity index (χ3n) is 2.56. The Balaban J connectivity index is 2.51. The van der Waals surface area contributed by atoms with Crippen LogP contribution in [-0.4, -0.2) is 48.4 Å². The first-order valence-electron chi connectivity index (χ1n) is 6.60. The van der Waals surface area contributed by atoms with E-state index in [-0.39, 0.29) is 18.4 Å². The highest BCUT2D eigenvalue weighted by atomic mass is 32.1. The normalized spacial score (nSPS) is 10.7. The molecule has 1 aromatic rings. The second-order valence-electron chi connectivity index (χ2n) is 5.02. The first-order valence-corrected chi connectivity index (χ1v) is 7.48. The van der Waals surface area contributed by atoms with Gasteiger partial charge >= 0.3 is 0 Å². The summed E-state index contributed by atoms with van der Waals surface area (Å²) in [4.78, 5) is 29.3. The molecular weight excluding hydrogens is 276 g/mol. The predicted molar refractivity (Wildman–Crippen MR) is 79.7 cm³/mol. The number of nitrogens with two attached hydrogens (primary N) is 1. The van der Waals surface area contributed by atoms with E-state index in [2.05, 4.69) is 10.3 Å². The van der Waals surface area contributed by atoms with Crippen LogP contribution in [0.3, 0.4) is 0 Å². The summed E-state index contributed by atoms with van der Waals surface area (Å²) in [6.07, 6.45) is 0.663. The molecule has 2 amide bonds. The standard InChI is InChI=1S/C13H22N4O2S/c1-9(2)6-15-11(18)7-17(3)13(19)10-8-20-12(16-10)4-5-14/h8-9H,4-7,14H2,1-3H3,(H,15,18). The minimum absolute atomic E-state index is 0.0370. The van der Waals surface area contributed by atoms with Gasteiger partial charge in [-0.2, -0.15) is 0 Å². The third kappa shape index (κ3) is 5.26. The quantitative estimate of drug-likeness (QED) is 0.767. The van der Waals surface area contributed by atoms with E-state index in [0.717, 1.165) is 5.01 Å². The Morgan fingerprint density at radius 2 is 2.20 bits per heavy atom. The summed E-state index contributed by atoms with van der Waals surface area (Å²) in [5.74, 6) is -0.0199. The fraction of sp³-hybridized carbons (Fsp3) is 0.615. The van der Waals surface area contributed by atoms with Crippen molar-refractivity contribution < 1.29 is 9.59 Å². The lowest BCUT2D eigenvalue weighted by molar-refractivity contribution is -0.121. The van der Waals surface area contributed by atoms with Gasteiger partial charge in [0.05, 0.1) is 11.6 Å². The zero-order chi connectivity index (χ0) is 15.1. The second kappa shape index (κ2) is 7.96. The van der Waals surface area contributed by atoms with Crippen molar-refractivity contribution in [1.82, 2.24) is 15.2 Å². The highest BCUT2D eigenvalue weighted by molar-refractivity contribution is 7.09. The molecule has 0 aliphatic heterocycles. The van der Waals surface area contributed by atoms with Crippen LogP contribution >= 0.6 is 11.3 Å². The summed E-state index contributed by atoms with van der Waals surface area (Å²) in [6, 6.07) is 0. The van der Waals surface area contributed by atoms with Crippen molar-refractivity contribution in [3.05, 3.63) is 16.1 Å². The molecule has 7 heteroatoms. The van der Waals surface area contributed by atoms with E-state index >= 15 is 0 Å². The first-order chi connectivity index (χ1) is 9.43. The number of carbonyl (C=O) groups is 2. The maximum atomic E-state index is 12.1. The van der Waals surface area contributed by atoms with Crippen molar-refractivity contribution in [3.8, 4) is 0 Å². The molecule has 0 aliphatic rings. The summed E-state index contributed by atoms with van der Waals surface area (Å²) in [7, 11) is 1.60. The molecule has 0 aromatic carbocycles. The Morgan fingerprint density at radius 1 is 1.50 bits per heavy atom. The fourth-order valence-electron chi connectivity index (χ4n) is 1.50. The molecule has 0 fully saturated rings. The summed E-state index contributed by atoms with van der Waals surface area (Å²) in [5, 5.41) is 5.32. The molecule has 0 aliphatic carbocycles. The van der Waals surface area contributed by atoms with Crippen molar-refractivity contribution in [2.24, 2.45) is 11.7 Å². The van der Waals surface area contributed by atoms with E-state index in [1.165, 1.54) is 16.2 Å². The Morgan fingerprint density at radius 3 is 2.80 bits per heavy atom. The van der Waals surface area contributed by atoms with E-state index in [4.69, 9.17) is 5.73 Å². The van der Waals surface area contributed by atoms with Crippen LogP contribution in [0.5, 0.6) is 0 Å². The van der Waals surface area contributed by atoms with Gasteiger partial charge in [-0.3, -0.25) is 9.59 Å². The summed E-state index contributed by atoms with van der Waals surface area (Å²) < 4.78 is 0. The molecule has 0 atom stereocenters. The Labute approximate surface area is 123 Å². The van der Waals surface area contributed by atoms with Crippen LogP contribution in [-0.2, 0) is 11.2 Å². The maximum absolute atomic E-state index is 12.1. The van der Waals surface area contributed by atoms with Gasteiger partial charge in [0, 0.05) is 25.4 Å². The lowest BCUT2D eigenvalue weighted by atomic mass is 10.2. The van der Waals surface area contributed by atoms with Crippen LogP contribution in [0.2, 0.25) is 0 Å². The molecule has 0 saturated heterocycles. The number of aromatic nitrogens is 1. The van der Waals surface area contributed by atoms with Gasteiger partial charge in [0.15, 0.2) is 0 Å². The van der Waals surface area contributed by atoms with E-state index in [1.54, 1.807) is 12.4 Å². The van der Waals surface area contributed by atoms with Crippen molar-refractivity contribution in [2.75, 3.05) is 26.7 Å². The average Bonchev–Trinajstić information content (AvgIpc) is 2.84. The highest BCUT2D eigenvalue weighted by Gasteiger charge is 2.17. The van der Waals surface area contributed by atoms with Gasteiger partial charge in [-0.25, -0.2) is 4.98 Å². The van der Waals surface area contributed by atoms with E-state index in [0.29, 0.717) is 31.1 Å².